The Hall–Kier alpha value is -5.19. The summed E-state index contributed by atoms with van der Waals surface area (Å²) in [5.74, 6) is -2.25. The minimum atomic E-state index is -1.40. The van der Waals surface area contributed by atoms with Crippen LogP contribution in [0.2, 0.25) is 0 Å². The minimum absolute atomic E-state index is 0.0947. The van der Waals surface area contributed by atoms with E-state index in [-0.39, 0.29) is 36.6 Å². The molecule has 2 saturated heterocycles. The molecule has 0 unspecified atom stereocenters. The number of rotatable bonds is 10. The van der Waals surface area contributed by atoms with Crippen LogP contribution in [0.25, 0.3) is 10.9 Å². The van der Waals surface area contributed by atoms with Crippen molar-refractivity contribution in [3.63, 3.8) is 0 Å². The van der Waals surface area contributed by atoms with E-state index in [1.54, 1.807) is 11.8 Å². The second-order valence-electron chi connectivity index (χ2n) is 13.2. The van der Waals surface area contributed by atoms with Gasteiger partial charge in [0.15, 0.2) is 0 Å². The number of aliphatic imine (C=N–C) groups is 1. The topological polar surface area (TPSA) is 125 Å². The van der Waals surface area contributed by atoms with Crippen LogP contribution in [-0.2, 0) is 31.9 Å². The van der Waals surface area contributed by atoms with Crippen molar-refractivity contribution in [1.29, 1.82) is 0 Å². The Morgan fingerprint density at radius 1 is 1.02 bits per heavy atom. The van der Waals surface area contributed by atoms with Crippen LogP contribution < -0.4 is 0 Å². The van der Waals surface area contributed by atoms with Crippen molar-refractivity contribution in [2.24, 2.45) is 22.7 Å². The van der Waals surface area contributed by atoms with Gasteiger partial charge in [-0.05, 0) is 62.8 Å². The summed E-state index contributed by atoms with van der Waals surface area (Å²) in [4.78, 5) is 68.7. The summed E-state index contributed by atoms with van der Waals surface area (Å²) in [7, 11) is 0. The molecule has 260 valence electrons. The molecular formula is C39H43N5O6. The highest BCUT2D eigenvalue weighted by atomic mass is 16.6. The van der Waals surface area contributed by atoms with Crippen LogP contribution >= 0.6 is 0 Å². The smallest absolute Gasteiger partial charge is 0.393 e. The molecule has 2 fully saturated rings. The van der Waals surface area contributed by atoms with E-state index < -0.39 is 35.5 Å². The van der Waals surface area contributed by atoms with E-state index in [0.29, 0.717) is 44.5 Å². The Morgan fingerprint density at radius 3 is 2.48 bits per heavy atom. The summed E-state index contributed by atoms with van der Waals surface area (Å²) >= 11 is 0. The molecule has 3 aliphatic heterocycles. The number of hydrogen-bond acceptors (Lipinski definition) is 7. The first kappa shape index (κ1) is 33.3. The Labute approximate surface area is 291 Å². The predicted molar refractivity (Wildman–Crippen MR) is 188 cm³/mol. The maximum atomic E-state index is 14.4. The van der Waals surface area contributed by atoms with E-state index in [2.05, 4.69) is 11.1 Å². The fraction of sp³-hybridized carbons (Fsp3) is 0.410. The molecule has 1 aromatic heterocycles. The Morgan fingerprint density at radius 2 is 1.76 bits per heavy atom. The van der Waals surface area contributed by atoms with Gasteiger partial charge in [0, 0.05) is 61.2 Å². The zero-order chi connectivity index (χ0) is 35.2. The number of aromatic amines is 1. The van der Waals surface area contributed by atoms with Crippen LogP contribution in [0.4, 0.5) is 9.59 Å². The largest absolute Gasteiger partial charge is 0.424 e. The summed E-state index contributed by atoms with van der Waals surface area (Å²) in [6, 6.07) is 17.7. The number of amides is 4. The zero-order valence-electron chi connectivity index (χ0n) is 29.0. The lowest BCUT2D eigenvalue weighted by Crippen LogP contribution is -2.63. The van der Waals surface area contributed by atoms with Gasteiger partial charge in [-0.3, -0.25) is 19.5 Å². The second kappa shape index (κ2) is 13.3. The van der Waals surface area contributed by atoms with Crippen molar-refractivity contribution >= 4 is 40.8 Å². The van der Waals surface area contributed by atoms with Crippen molar-refractivity contribution in [3.05, 3.63) is 95.0 Å². The van der Waals surface area contributed by atoms with Crippen LogP contribution in [0.3, 0.4) is 0 Å². The Bertz CT molecular complexity index is 1940. The van der Waals surface area contributed by atoms with Crippen LogP contribution in [0.15, 0.2) is 88.9 Å². The number of aromatic nitrogens is 1. The quantitative estimate of drug-likeness (QED) is 0.254. The molecule has 4 atom stereocenters. The lowest BCUT2D eigenvalue weighted by molar-refractivity contribution is -0.140. The number of H-pyrrole nitrogens is 1. The number of fused-ring (bicyclic) bond motifs is 6. The average Bonchev–Trinajstić information content (AvgIpc) is 3.74. The summed E-state index contributed by atoms with van der Waals surface area (Å²) in [6.07, 6.45) is 4.22. The molecule has 4 amide bonds. The average molecular weight is 678 g/mol. The van der Waals surface area contributed by atoms with Crippen molar-refractivity contribution in [3.8, 4) is 0 Å². The van der Waals surface area contributed by atoms with Gasteiger partial charge < -0.3 is 19.4 Å². The number of hydrogen-bond donors (Lipinski definition) is 1. The summed E-state index contributed by atoms with van der Waals surface area (Å²) in [5.41, 5.74) is 3.01. The molecule has 4 aliphatic rings. The molecule has 4 heterocycles. The number of nitrogens with zero attached hydrogens (tertiary/aromatic N) is 4. The number of carbonyl (C=O) groups excluding carboxylic acids is 4. The number of likely N-dealkylation sites (tertiary alicyclic amines) is 1. The number of imide groups is 1. The van der Waals surface area contributed by atoms with Gasteiger partial charge in [-0.1, -0.05) is 61.5 Å². The number of para-hydroxylation sites is 1. The molecule has 50 heavy (non-hydrogen) atoms. The molecule has 7 rings (SSSR count). The van der Waals surface area contributed by atoms with E-state index in [4.69, 9.17) is 14.5 Å². The van der Waals surface area contributed by atoms with Crippen LogP contribution in [0.5, 0.6) is 0 Å². The van der Waals surface area contributed by atoms with Gasteiger partial charge >= 0.3 is 12.2 Å². The van der Waals surface area contributed by atoms with Gasteiger partial charge in [0.05, 0.1) is 11.8 Å². The lowest BCUT2D eigenvalue weighted by atomic mass is 9.59. The number of benzene rings is 2. The van der Waals surface area contributed by atoms with Crippen LogP contribution in [0.1, 0.15) is 51.7 Å². The maximum absolute atomic E-state index is 14.4. The molecule has 3 aromatic rings. The SMILES string of the molecule is CCC1=C(OC(=O)N(CC)CC)N2C(=O)OC(=NCCc3c[nH]c4ccccc34)[C@]2(Cc2ccccc2)[C@H]2C1=CC[C@H]1C(=O)N(CC)C(=O)[C@H]12. The van der Waals surface area contributed by atoms with Gasteiger partial charge in [-0.2, -0.15) is 0 Å². The van der Waals surface area contributed by atoms with Crippen molar-refractivity contribution in [2.45, 2.75) is 58.9 Å². The highest BCUT2D eigenvalue weighted by Crippen LogP contribution is 2.58. The monoisotopic (exact) mass is 677 g/mol. The van der Waals surface area contributed by atoms with Gasteiger partial charge in [0.2, 0.25) is 23.6 Å². The predicted octanol–water partition coefficient (Wildman–Crippen LogP) is 6.22. The van der Waals surface area contributed by atoms with E-state index in [9.17, 15) is 19.2 Å². The van der Waals surface area contributed by atoms with Crippen molar-refractivity contribution in [1.82, 2.24) is 19.7 Å². The third-order valence-corrected chi connectivity index (χ3v) is 10.8. The Balaban J connectivity index is 1.43. The van der Waals surface area contributed by atoms with Gasteiger partial charge in [-0.15, -0.1) is 0 Å². The highest BCUT2D eigenvalue weighted by molar-refractivity contribution is 6.09. The van der Waals surface area contributed by atoms with E-state index in [1.807, 2.05) is 81.6 Å². The first-order valence-corrected chi connectivity index (χ1v) is 17.7. The molecule has 1 N–H and O–H groups in total. The van der Waals surface area contributed by atoms with Crippen molar-refractivity contribution < 1.29 is 28.7 Å². The molecule has 11 nitrogen and oxygen atoms in total. The van der Waals surface area contributed by atoms with E-state index in [1.165, 1.54) is 9.80 Å². The molecular weight excluding hydrogens is 634 g/mol. The van der Waals surface area contributed by atoms with Gasteiger partial charge in [0.25, 0.3) is 0 Å². The lowest BCUT2D eigenvalue weighted by Gasteiger charge is -2.51. The number of ether oxygens (including phenoxy) is 2. The fourth-order valence-corrected chi connectivity index (χ4v) is 8.51. The summed E-state index contributed by atoms with van der Waals surface area (Å²) in [5, 5.41) is 1.09. The van der Waals surface area contributed by atoms with Crippen molar-refractivity contribution in [2.75, 3.05) is 26.2 Å². The number of cyclic esters (lactones) is 1. The van der Waals surface area contributed by atoms with Crippen LogP contribution in [0, 0.1) is 17.8 Å². The summed E-state index contributed by atoms with van der Waals surface area (Å²) in [6.45, 7) is 8.86. The van der Waals surface area contributed by atoms with Crippen LogP contribution in [-0.4, -0.2) is 81.3 Å². The molecule has 0 bridgehead atoms. The highest BCUT2D eigenvalue weighted by Gasteiger charge is 2.69. The number of allylic oxidation sites excluding steroid dienone is 2. The molecule has 0 spiro atoms. The first-order chi connectivity index (χ1) is 24.3. The minimum Gasteiger partial charge on any atom is -0.393 e. The molecule has 11 heteroatoms. The van der Waals surface area contributed by atoms with Gasteiger partial charge in [0.1, 0.15) is 5.54 Å². The molecule has 2 aromatic carbocycles. The Kier molecular flexibility index (Phi) is 8.84. The number of nitrogens with one attached hydrogen (secondary N) is 1. The fourth-order valence-electron chi connectivity index (χ4n) is 8.51. The molecule has 0 radical (unpaired) electrons. The standard InChI is InChI=1S/C39H43N5O6/c1-5-26-28-18-19-29-31(34(46)43(8-4)33(29)45)32(28)39(22-24-14-10-9-11-15-24)36(40-21-20-25-23-41-30-17-13-12-16-27(25)30)50-38(48)44(39)35(26)49-37(47)42(6-2)7-3/h9-18,23,29,31-32,41H,5-8,19-22H2,1-4H3/t29-,31-,32+,39+/m1/s1. The summed E-state index contributed by atoms with van der Waals surface area (Å²) < 4.78 is 12.4. The van der Waals surface area contributed by atoms with Gasteiger partial charge in [-0.25, -0.2) is 14.5 Å². The number of carbonyl (C=O) groups is 4. The van der Waals surface area contributed by atoms with E-state index >= 15 is 0 Å². The molecule has 0 saturated carbocycles. The second-order valence-corrected chi connectivity index (χ2v) is 13.2. The first-order valence-electron chi connectivity index (χ1n) is 17.7. The molecule has 1 aliphatic carbocycles. The van der Waals surface area contributed by atoms with E-state index in [0.717, 1.165) is 27.6 Å². The third-order valence-electron chi connectivity index (χ3n) is 10.8. The third kappa shape index (κ3) is 5.13. The zero-order valence-corrected chi connectivity index (χ0v) is 29.0. The maximum Gasteiger partial charge on any atom is 0.424 e. The normalized spacial score (nSPS) is 25.1.